The van der Waals surface area contributed by atoms with Gasteiger partial charge in [0.25, 0.3) is 0 Å². The summed E-state index contributed by atoms with van der Waals surface area (Å²) < 4.78 is 0. The van der Waals surface area contributed by atoms with Crippen molar-refractivity contribution >= 4 is 5.91 Å². The zero-order valence-electron chi connectivity index (χ0n) is 12.9. The fourth-order valence-electron chi connectivity index (χ4n) is 4.15. The lowest BCUT2D eigenvalue weighted by atomic mass is 9.64. The lowest BCUT2D eigenvalue weighted by molar-refractivity contribution is -0.135. The van der Waals surface area contributed by atoms with E-state index in [0.717, 1.165) is 13.0 Å². The monoisotopic (exact) mass is 291 g/mol. The predicted octanol–water partition coefficient (Wildman–Crippen LogP) is 4.01. The maximum absolute atomic E-state index is 12.9. The van der Waals surface area contributed by atoms with Crippen LogP contribution >= 0.6 is 0 Å². The average molecular weight is 291 g/mol. The summed E-state index contributed by atoms with van der Waals surface area (Å²) in [7, 11) is 0. The van der Waals surface area contributed by atoms with Gasteiger partial charge in [0.2, 0.25) is 5.91 Å². The minimum Gasteiger partial charge on any atom is -0.335 e. The van der Waals surface area contributed by atoms with E-state index in [9.17, 15) is 4.79 Å². The fourth-order valence-corrected chi connectivity index (χ4v) is 4.15. The summed E-state index contributed by atoms with van der Waals surface area (Å²) in [5.41, 5.74) is 2.56. The van der Waals surface area contributed by atoms with E-state index in [4.69, 9.17) is 0 Å². The van der Waals surface area contributed by atoms with Gasteiger partial charge < -0.3 is 4.90 Å². The van der Waals surface area contributed by atoms with Crippen LogP contribution in [-0.4, -0.2) is 17.4 Å². The number of nitrogens with zero attached hydrogens (tertiary/aromatic N) is 1. The van der Waals surface area contributed by atoms with Crippen molar-refractivity contribution in [1.29, 1.82) is 0 Å². The molecule has 1 aliphatic heterocycles. The molecule has 22 heavy (non-hydrogen) atoms. The van der Waals surface area contributed by atoms with Crippen LogP contribution in [0.3, 0.4) is 0 Å². The lowest BCUT2D eigenvalue weighted by Crippen LogP contribution is -2.36. The van der Waals surface area contributed by atoms with Crippen molar-refractivity contribution in [1.82, 2.24) is 4.90 Å². The van der Waals surface area contributed by atoms with Gasteiger partial charge in [-0.15, -0.1) is 0 Å². The van der Waals surface area contributed by atoms with Gasteiger partial charge in [0.05, 0.1) is 6.04 Å². The van der Waals surface area contributed by atoms with Crippen molar-refractivity contribution in [3.8, 4) is 0 Å². The summed E-state index contributed by atoms with van der Waals surface area (Å²) in [5, 5.41) is 0. The van der Waals surface area contributed by atoms with Crippen molar-refractivity contribution < 1.29 is 4.79 Å². The maximum atomic E-state index is 12.9. The highest BCUT2D eigenvalue weighted by atomic mass is 16.2. The van der Waals surface area contributed by atoms with Gasteiger partial charge in [-0.2, -0.15) is 0 Å². The third kappa shape index (κ3) is 2.06. The molecule has 2 aromatic rings. The number of carbonyl (C=O) groups is 1. The van der Waals surface area contributed by atoms with Crippen LogP contribution in [0.5, 0.6) is 0 Å². The molecule has 2 heteroatoms. The number of hydrogen-bond acceptors (Lipinski definition) is 1. The summed E-state index contributed by atoms with van der Waals surface area (Å²) >= 11 is 0. The average Bonchev–Trinajstić information content (AvgIpc) is 2.79. The minimum atomic E-state index is 0.177. The third-order valence-electron chi connectivity index (χ3n) is 5.47. The summed E-state index contributed by atoms with van der Waals surface area (Å²) in [4.78, 5) is 15.0. The van der Waals surface area contributed by atoms with Crippen molar-refractivity contribution in [2.75, 3.05) is 6.54 Å². The molecule has 1 aliphatic carbocycles. The largest absolute Gasteiger partial charge is 0.335 e. The second-order valence-electron chi connectivity index (χ2n) is 6.62. The SMILES string of the molecule is C[C@H](c1ccccc1)N1C[C@H]2C[C@H](c3ccccc3)[C@H]2C1=O. The highest BCUT2D eigenvalue weighted by molar-refractivity contribution is 5.84. The fraction of sp³-hybridized carbons (Fsp3) is 0.350. The van der Waals surface area contributed by atoms with Gasteiger partial charge in [0.1, 0.15) is 0 Å². The minimum absolute atomic E-state index is 0.177. The number of likely N-dealkylation sites (tertiary alicyclic amines) is 1. The Balaban J connectivity index is 1.54. The molecule has 1 amide bonds. The Morgan fingerprint density at radius 3 is 2.32 bits per heavy atom. The Bertz CT molecular complexity index is 667. The second-order valence-corrected chi connectivity index (χ2v) is 6.62. The van der Waals surface area contributed by atoms with Gasteiger partial charge in [-0.25, -0.2) is 0 Å². The van der Waals surface area contributed by atoms with Gasteiger partial charge in [0, 0.05) is 12.5 Å². The van der Waals surface area contributed by atoms with E-state index in [1.807, 2.05) is 24.3 Å². The number of amides is 1. The van der Waals surface area contributed by atoms with E-state index < -0.39 is 0 Å². The van der Waals surface area contributed by atoms with Gasteiger partial charge >= 0.3 is 0 Å². The van der Waals surface area contributed by atoms with Gasteiger partial charge in [-0.3, -0.25) is 4.79 Å². The molecule has 0 spiro atoms. The molecule has 0 unspecified atom stereocenters. The van der Waals surface area contributed by atoms with E-state index in [0.29, 0.717) is 17.7 Å². The number of carbonyl (C=O) groups excluding carboxylic acids is 1. The first-order chi connectivity index (χ1) is 10.8. The molecule has 1 saturated carbocycles. The topological polar surface area (TPSA) is 20.3 Å². The predicted molar refractivity (Wildman–Crippen MR) is 87.4 cm³/mol. The molecule has 0 bridgehead atoms. The van der Waals surface area contributed by atoms with Crippen LogP contribution in [0.1, 0.15) is 36.4 Å². The second kappa shape index (κ2) is 5.28. The van der Waals surface area contributed by atoms with Crippen LogP contribution in [-0.2, 0) is 4.79 Å². The Morgan fingerprint density at radius 2 is 1.64 bits per heavy atom. The number of fused-ring (bicyclic) bond motifs is 1. The smallest absolute Gasteiger partial charge is 0.227 e. The van der Waals surface area contributed by atoms with Crippen LogP contribution < -0.4 is 0 Å². The quantitative estimate of drug-likeness (QED) is 0.836. The Labute approximate surface area is 131 Å². The Kier molecular flexibility index (Phi) is 3.25. The standard InChI is InChI=1S/C20H21NO/c1-14(15-8-4-2-5-9-15)21-13-17-12-18(19(17)20(21)22)16-10-6-3-7-11-16/h2-11,14,17-19H,12-13H2,1H3/t14-,17-,18-,19+/m1/s1. The van der Waals surface area contributed by atoms with Gasteiger partial charge in [-0.05, 0) is 36.3 Å². The van der Waals surface area contributed by atoms with Crippen molar-refractivity contribution in [2.45, 2.75) is 25.3 Å². The number of hydrogen-bond donors (Lipinski definition) is 0. The zero-order valence-corrected chi connectivity index (χ0v) is 12.9. The Hall–Kier alpha value is -2.09. The summed E-state index contributed by atoms with van der Waals surface area (Å²) in [6.45, 7) is 3.07. The molecule has 0 radical (unpaired) electrons. The van der Waals surface area contributed by atoms with E-state index in [1.54, 1.807) is 0 Å². The first-order valence-corrected chi connectivity index (χ1v) is 8.16. The molecule has 4 rings (SSSR count). The third-order valence-corrected chi connectivity index (χ3v) is 5.47. The molecule has 1 saturated heterocycles. The van der Waals surface area contributed by atoms with Crippen LogP contribution in [0.4, 0.5) is 0 Å². The van der Waals surface area contributed by atoms with Crippen LogP contribution in [0.15, 0.2) is 60.7 Å². The van der Waals surface area contributed by atoms with Crippen molar-refractivity contribution in [3.63, 3.8) is 0 Å². The van der Waals surface area contributed by atoms with Crippen molar-refractivity contribution in [3.05, 3.63) is 71.8 Å². The van der Waals surface area contributed by atoms with Gasteiger partial charge in [0.15, 0.2) is 0 Å². The van der Waals surface area contributed by atoms with Crippen LogP contribution in [0.2, 0.25) is 0 Å². The normalized spacial score (nSPS) is 28.1. The summed E-state index contributed by atoms with van der Waals surface area (Å²) in [6.07, 6.45) is 1.15. The molecule has 1 heterocycles. The molecule has 2 aromatic carbocycles. The molecule has 4 atom stereocenters. The van der Waals surface area contributed by atoms with Crippen LogP contribution in [0.25, 0.3) is 0 Å². The summed E-state index contributed by atoms with van der Waals surface area (Å²) in [5.74, 6) is 1.52. The molecular weight excluding hydrogens is 270 g/mol. The molecule has 2 fully saturated rings. The van der Waals surface area contributed by atoms with E-state index in [-0.39, 0.29) is 12.0 Å². The van der Waals surface area contributed by atoms with E-state index in [2.05, 4.69) is 48.2 Å². The number of benzene rings is 2. The molecule has 2 aliphatic rings. The van der Waals surface area contributed by atoms with Crippen molar-refractivity contribution in [2.24, 2.45) is 11.8 Å². The molecule has 0 N–H and O–H groups in total. The van der Waals surface area contributed by atoms with Gasteiger partial charge in [-0.1, -0.05) is 60.7 Å². The number of rotatable bonds is 3. The maximum Gasteiger partial charge on any atom is 0.227 e. The lowest BCUT2D eigenvalue weighted by Gasteiger charge is -2.38. The highest BCUT2D eigenvalue weighted by Crippen LogP contribution is 2.53. The van der Waals surface area contributed by atoms with E-state index >= 15 is 0 Å². The van der Waals surface area contributed by atoms with Crippen LogP contribution in [0, 0.1) is 11.8 Å². The zero-order chi connectivity index (χ0) is 15.1. The first-order valence-electron chi connectivity index (χ1n) is 8.16. The van der Waals surface area contributed by atoms with E-state index in [1.165, 1.54) is 11.1 Å². The summed E-state index contributed by atoms with van der Waals surface area (Å²) in [6, 6.07) is 21.1. The molecule has 2 nitrogen and oxygen atoms in total. The Morgan fingerprint density at radius 1 is 1.00 bits per heavy atom. The highest BCUT2D eigenvalue weighted by Gasteiger charge is 2.54. The molecule has 112 valence electrons. The molecule has 0 aromatic heterocycles. The first kappa shape index (κ1) is 13.6. The molecular formula is C20H21NO.